The molecule has 1 aromatic rings. The van der Waals surface area contributed by atoms with Gasteiger partial charge in [-0.05, 0) is 51.0 Å². The number of carbonyl (C=O) groups excluding carboxylic acids is 2. The molecule has 1 aliphatic rings. The van der Waals surface area contributed by atoms with E-state index in [1.54, 1.807) is 43.0 Å². The van der Waals surface area contributed by atoms with E-state index < -0.39 is 11.6 Å². The lowest BCUT2D eigenvalue weighted by atomic mass is 9.96. The molecule has 0 bridgehead atoms. The highest BCUT2D eigenvalue weighted by molar-refractivity contribution is 5.98. The number of amides is 2. The zero-order valence-corrected chi connectivity index (χ0v) is 14.7. The van der Waals surface area contributed by atoms with E-state index in [4.69, 9.17) is 9.84 Å². The third-order valence-electron chi connectivity index (χ3n) is 4.58. The molecule has 1 aromatic carbocycles. The Morgan fingerprint density at radius 3 is 2.20 bits per heavy atom. The first-order valence-electron chi connectivity index (χ1n) is 8.23. The van der Waals surface area contributed by atoms with Crippen LogP contribution in [0.1, 0.15) is 37.0 Å². The van der Waals surface area contributed by atoms with E-state index in [1.165, 1.54) is 7.11 Å². The monoisotopic (exact) mass is 348 g/mol. The van der Waals surface area contributed by atoms with Crippen molar-refractivity contribution in [1.82, 2.24) is 4.90 Å². The van der Waals surface area contributed by atoms with Crippen LogP contribution < -0.4 is 5.32 Å². The minimum absolute atomic E-state index is 0.126. The van der Waals surface area contributed by atoms with E-state index in [0.717, 1.165) is 0 Å². The highest BCUT2D eigenvalue weighted by Gasteiger charge is 2.28. The van der Waals surface area contributed by atoms with E-state index in [1.807, 2.05) is 0 Å². The Kier molecular flexibility index (Phi) is 5.79. The number of likely N-dealkylation sites (tertiary alicyclic amines) is 1. The molecule has 25 heavy (non-hydrogen) atoms. The van der Waals surface area contributed by atoms with E-state index in [0.29, 0.717) is 37.2 Å². The number of carboxylic acids is 1. The van der Waals surface area contributed by atoms with Crippen LogP contribution in [-0.2, 0) is 14.3 Å². The van der Waals surface area contributed by atoms with Gasteiger partial charge in [-0.25, -0.2) is 0 Å². The molecule has 0 aromatic heterocycles. The van der Waals surface area contributed by atoms with Crippen molar-refractivity contribution < 1.29 is 24.2 Å². The minimum atomic E-state index is -0.941. The Balaban J connectivity index is 1.97. The second-order valence-corrected chi connectivity index (χ2v) is 6.65. The van der Waals surface area contributed by atoms with Gasteiger partial charge in [0, 0.05) is 31.5 Å². The quantitative estimate of drug-likeness (QED) is 0.848. The largest absolute Gasteiger partial charge is 0.481 e. The summed E-state index contributed by atoms with van der Waals surface area (Å²) in [5, 5.41) is 11.8. The van der Waals surface area contributed by atoms with Crippen molar-refractivity contribution in [2.75, 3.05) is 25.5 Å². The maximum atomic E-state index is 12.5. The van der Waals surface area contributed by atoms with E-state index >= 15 is 0 Å². The lowest BCUT2D eigenvalue weighted by Gasteiger charge is -2.30. The maximum absolute atomic E-state index is 12.5. The molecule has 7 heteroatoms. The first kappa shape index (κ1) is 18.9. The third-order valence-corrected chi connectivity index (χ3v) is 4.58. The zero-order valence-electron chi connectivity index (χ0n) is 14.7. The smallest absolute Gasteiger partial charge is 0.306 e. The van der Waals surface area contributed by atoms with Gasteiger partial charge in [-0.3, -0.25) is 14.4 Å². The highest BCUT2D eigenvalue weighted by Crippen LogP contribution is 2.20. The average Bonchev–Trinajstić information content (AvgIpc) is 2.61. The number of ether oxygens (including phenoxy) is 1. The minimum Gasteiger partial charge on any atom is -0.481 e. The lowest BCUT2D eigenvalue weighted by molar-refractivity contribution is -0.143. The Bertz CT molecular complexity index is 646. The summed E-state index contributed by atoms with van der Waals surface area (Å²) in [5.41, 5.74) is 0.150. The standard InChI is InChI=1S/C18H24N2O5/c1-18(2,25-3)17(24)19-14-6-4-12(5-7-14)15(21)20-10-8-13(9-11-20)16(22)23/h4-7,13H,8-11H2,1-3H3,(H,19,24)(H,22,23). The van der Waals surface area contributed by atoms with Crippen LogP contribution in [0.4, 0.5) is 5.69 Å². The summed E-state index contributed by atoms with van der Waals surface area (Å²) in [4.78, 5) is 37.2. The summed E-state index contributed by atoms with van der Waals surface area (Å²) in [6.07, 6.45) is 0.947. The van der Waals surface area contributed by atoms with Gasteiger partial charge in [0.2, 0.25) is 0 Å². The second-order valence-electron chi connectivity index (χ2n) is 6.65. The molecular formula is C18H24N2O5. The first-order chi connectivity index (χ1) is 11.7. The van der Waals surface area contributed by atoms with Gasteiger partial charge in [0.25, 0.3) is 11.8 Å². The van der Waals surface area contributed by atoms with Gasteiger partial charge in [0.15, 0.2) is 0 Å². The topological polar surface area (TPSA) is 95.9 Å². The molecule has 2 amide bonds. The molecule has 1 aliphatic heterocycles. The predicted molar refractivity (Wildman–Crippen MR) is 92.4 cm³/mol. The SMILES string of the molecule is COC(C)(C)C(=O)Nc1ccc(C(=O)N2CCC(C(=O)O)CC2)cc1. The van der Waals surface area contributed by atoms with Crippen molar-refractivity contribution in [3.63, 3.8) is 0 Å². The average molecular weight is 348 g/mol. The molecule has 0 saturated carbocycles. The van der Waals surface area contributed by atoms with Crippen LogP contribution in [-0.4, -0.2) is 53.6 Å². The van der Waals surface area contributed by atoms with Gasteiger partial charge in [-0.15, -0.1) is 0 Å². The van der Waals surface area contributed by atoms with Gasteiger partial charge >= 0.3 is 5.97 Å². The van der Waals surface area contributed by atoms with Gasteiger partial charge in [0.1, 0.15) is 5.60 Å². The molecule has 0 atom stereocenters. The number of hydrogen-bond acceptors (Lipinski definition) is 4. The summed E-state index contributed by atoms with van der Waals surface area (Å²) in [7, 11) is 1.47. The number of hydrogen-bond donors (Lipinski definition) is 2. The maximum Gasteiger partial charge on any atom is 0.306 e. The summed E-state index contributed by atoms with van der Waals surface area (Å²) < 4.78 is 5.12. The van der Waals surface area contributed by atoms with Crippen molar-refractivity contribution in [3.8, 4) is 0 Å². The van der Waals surface area contributed by atoms with E-state index in [-0.39, 0.29) is 17.7 Å². The molecular weight excluding hydrogens is 324 g/mol. The van der Waals surface area contributed by atoms with Crippen LogP contribution in [0.3, 0.4) is 0 Å². The van der Waals surface area contributed by atoms with Gasteiger partial charge < -0.3 is 20.1 Å². The number of carbonyl (C=O) groups is 3. The van der Waals surface area contributed by atoms with Crippen LogP contribution in [0.25, 0.3) is 0 Å². The van der Waals surface area contributed by atoms with Crippen molar-refractivity contribution in [3.05, 3.63) is 29.8 Å². The number of carboxylic acid groups (broad SMARTS) is 1. The summed E-state index contributed by atoms with van der Waals surface area (Å²) in [6.45, 7) is 4.22. The highest BCUT2D eigenvalue weighted by atomic mass is 16.5. The Labute approximate surface area is 147 Å². The normalized spacial score (nSPS) is 15.7. The number of nitrogens with one attached hydrogen (secondary N) is 1. The molecule has 0 spiro atoms. The molecule has 0 unspecified atom stereocenters. The molecule has 2 rings (SSSR count). The Morgan fingerprint density at radius 1 is 1.16 bits per heavy atom. The second kappa shape index (κ2) is 7.65. The van der Waals surface area contributed by atoms with Crippen molar-refractivity contribution in [1.29, 1.82) is 0 Å². The number of aliphatic carboxylic acids is 1. The third kappa shape index (κ3) is 4.57. The van der Waals surface area contributed by atoms with Crippen LogP contribution in [0.2, 0.25) is 0 Å². The molecule has 2 N–H and O–H groups in total. The van der Waals surface area contributed by atoms with Gasteiger partial charge in [-0.2, -0.15) is 0 Å². The van der Waals surface area contributed by atoms with Crippen LogP contribution >= 0.6 is 0 Å². The fraction of sp³-hybridized carbons (Fsp3) is 0.500. The fourth-order valence-electron chi connectivity index (χ4n) is 2.58. The number of benzene rings is 1. The molecule has 0 aliphatic carbocycles. The number of rotatable bonds is 5. The molecule has 1 heterocycles. The summed E-state index contributed by atoms with van der Waals surface area (Å²) in [6, 6.07) is 6.64. The van der Waals surface area contributed by atoms with Crippen molar-refractivity contribution in [2.24, 2.45) is 5.92 Å². The Morgan fingerprint density at radius 2 is 1.72 bits per heavy atom. The number of nitrogens with zero attached hydrogens (tertiary/aromatic N) is 1. The fourth-order valence-corrected chi connectivity index (χ4v) is 2.58. The van der Waals surface area contributed by atoms with Crippen LogP contribution in [0.15, 0.2) is 24.3 Å². The van der Waals surface area contributed by atoms with Crippen molar-refractivity contribution >= 4 is 23.5 Å². The summed E-state index contributed by atoms with van der Waals surface area (Å²) in [5.74, 6) is -1.57. The van der Waals surface area contributed by atoms with Crippen LogP contribution in [0, 0.1) is 5.92 Å². The molecule has 1 saturated heterocycles. The molecule has 0 radical (unpaired) electrons. The first-order valence-corrected chi connectivity index (χ1v) is 8.23. The summed E-state index contributed by atoms with van der Waals surface area (Å²) >= 11 is 0. The van der Waals surface area contributed by atoms with Gasteiger partial charge in [-0.1, -0.05) is 0 Å². The number of methoxy groups -OCH3 is 1. The Hall–Kier alpha value is -2.41. The predicted octanol–water partition coefficient (Wildman–Crippen LogP) is 1.99. The van der Waals surface area contributed by atoms with Gasteiger partial charge in [0.05, 0.1) is 5.92 Å². The number of piperidine rings is 1. The number of anilines is 1. The lowest BCUT2D eigenvalue weighted by Crippen LogP contribution is -2.40. The molecule has 136 valence electrons. The van der Waals surface area contributed by atoms with E-state index in [2.05, 4.69) is 5.32 Å². The van der Waals surface area contributed by atoms with E-state index in [9.17, 15) is 14.4 Å². The van der Waals surface area contributed by atoms with Crippen LogP contribution in [0.5, 0.6) is 0 Å². The molecule has 1 fully saturated rings. The van der Waals surface area contributed by atoms with Crippen molar-refractivity contribution in [2.45, 2.75) is 32.3 Å². The zero-order chi connectivity index (χ0) is 18.6. The molecule has 7 nitrogen and oxygen atoms in total.